The van der Waals surface area contributed by atoms with Crippen LogP contribution < -0.4 is 16.0 Å². The van der Waals surface area contributed by atoms with Crippen molar-refractivity contribution >= 4 is 21.4 Å². The van der Waals surface area contributed by atoms with E-state index in [1.807, 2.05) is 32.0 Å². The Morgan fingerprint density at radius 2 is 1.75 bits per heavy atom. The smallest absolute Gasteiger partial charge is 0.281 e. The first-order chi connectivity index (χ1) is 9.45. The average Bonchev–Trinajstić information content (AvgIpc) is 2.43. The van der Waals surface area contributed by atoms with Crippen LogP contribution >= 0.6 is 0 Å². The second-order valence-electron chi connectivity index (χ2n) is 4.37. The summed E-state index contributed by atoms with van der Waals surface area (Å²) in [6, 6.07) is 8.70. The van der Waals surface area contributed by atoms with E-state index < -0.39 is 10.0 Å². The second-order valence-corrected chi connectivity index (χ2v) is 5.97. The van der Waals surface area contributed by atoms with Gasteiger partial charge in [0.25, 0.3) is 10.0 Å². The van der Waals surface area contributed by atoms with Gasteiger partial charge in [0.15, 0.2) is 0 Å². The number of nitrogen functional groups attached to an aromatic ring is 1. The molecule has 1 aromatic carbocycles. The van der Waals surface area contributed by atoms with E-state index in [4.69, 9.17) is 5.84 Å². The lowest BCUT2D eigenvalue weighted by molar-refractivity contribution is 0.598. The Morgan fingerprint density at radius 1 is 1.10 bits per heavy atom. The molecule has 0 saturated heterocycles. The number of hydrazine groups is 1. The molecule has 0 fully saturated rings. The number of sulfonamides is 1. The molecule has 2 rings (SSSR count). The van der Waals surface area contributed by atoms with Gasteiger partial charge >= 0.3 is 0 Å². The van der Waals surface area contributed by atoms with Gasteiger partial charge in [-0.1, -0.05) is 18.2 Å². The standard InChI is InChI=1S/C13H16N4O2S/c1-9-5-3-6-10(2)12(9)17-20(18,19)13-11(16-14)7-4-8-15-13/h3-8,16-17H,14H2,1-2H3. The molecule has 0 atom stereocenters. The Kier molecular flexibility index (Phi) is 3.91. The van der Waals surface area contributed by atoms with E-state index in [0.717, 1.165) is 11.1 Å². The Labute approximate surface area is 118 Å². The molecule has 0 saturated carbocycles. The Balaban J connectivity index is 2.47. The summed E-state index contributed by atoms with van der Waals surface area (Å²) < 4.78 is 27.4. The van der Waals surface area contributed by atoms with Crippen molar-refractivity contribution in [3.8, 4) is 0 Å². The number of aromatic nitrogens is 1. The van der Waals surface area contributed by atoms with Gasteiger partial charge in [0.2, 0.25) is 5.03 Å². The Bertz CT molecular complexity index is 709. The fraction of sp³-hybridized carbons (Fsp3) is 0.154. The first-order valence-corrected chi connectivity index (χ1v) is 7.44. The molecule has 0 spiro atoms. The van der Waals surface area contributed by atoms with Crippen molar-refractivity contribution in [1.29, 1.82) is 0 Å². The number of rotatable bonds is 4. The van der Waals surface area contributed by atoms with Gasteiger partial charge in [0.05, 0.1) is 11.4 Å². The van der Waals surface area contributed by atoms with Crippen molar-refractivity contribution in [2.45, 2.75) is 18.9 Å². The van der Waals surface area contributed by atoms with Crippen LogP contribution in [0.15, 0.2) is 41.6 Å². The zero-order valence-corrected chi connectivity index (χ0v) is 12.0. The second kappa shape index (κ2) is 5.48. The molecule has 1 aromatic heterocycles. The van der Waals surface area contributed by atoms with Crippen molar-refractivity contribution < 1.29 is 8.42 Å². The highest BCUT2D eigenvalue weighted by Crippen LogP contribution is 2.25. The summed E-state index contributed by atoms with van der Waals surface area (Å²) in [5, 5.41) is -0.134. The monoisotopic (exact) mass is 292 g/mol. The minimum absolute atomic E-state index is 0.134. The molecule has 0 radical (unpaired) electrons. The van der Waals surface area contributed by atoms with Gasteiger partial charge in [-0.3, -0.25) is 10.6 Å². The summed E-state index contributed by atoms with van der Waals surface area (Å²) in [5.41, 5.74) is 4.81. The number of hydrogen-bond donors (Lipinski definition) is 3. The molecule has 2 aromatic rings. The normalized spacial score (nSPS) is 11.2. The minimum atomic E-state index is -3.80. The molecule has 0 aliphatic rings. The Morgan fingerprint density at radius 3 is 2.35 bits per heavy atom. The molecule has 0 aliphatic heterocycles. The molecule has 20 heavy (non-hydrogen) atoms. The summed E-state index contributed by atoms with van der Waals surface area (Å²) in [5.74, 6) is 5.32. The molecule has 0 unspecified atom stereocenters. The molecule has 6 nitrogen and oxygen atoms in total. The summed E-state index contributed by atoms with van der Waals surface area (Å²) in [6.45, 7) is 3.68. The van der Waals surface area contributed by atoms with Crippen LogP contribution in [0.25, 0.3) is 0 Å². The van der Waals surface area contributed by atoms with Crippen LogP contribution in [-0.2, 0) is 10.0 Å². The number of pyridine rings is 1. The third-order valence-corrected chi connectivity index (χ3v) is 4.21. The third kappa shape index (κ3) is 2.73. The van der Waals surface area contributed by atoms with E-state index in [2.05, 4.69) is 15.1 Å². The fourth-order valence-corrected chi connectivity index (χ4v) is 3.18. The van der Waals surface area contributed by atoms with Crippen molar-refractivity contribution in [1.82, 2.24) is 4.98 Å². The lowest BCUT2D eigenvalue weighted by atomic mass is 10.1. The molecule has 7 heteroatoms. The summed E-state index contributed by atoms with van der Waals surface area (Å²) in [6.07, 6.45) is 1.40. The van der Waals surface area contributed by atoms with Gasteiger partial charge in [-0.2, -0.15) is 8.42 Å². The van der Waals surface area contributed by atoms with E-state index >= 15 is 0 Å². The minimum Gasteiger partial charge on any atom is -0.321 e. The van der Waals surface area contributed by atoms with Crippen molar-refractivity contribution in [2.24, 2.45) is 5.84 Å². The predicted octanol–water partition coefficient (Wildman–Crippen LogP) is 1.78. The first kappa shape index (κ1) is 14.3. The summed E-state index contributed by atoms with van der Waals surface area (Å²) in [4.78, 5) is 3.88. The van der Waals surface area contributed by atoms with Crippen LogP contribution in [0.1, 0.15) is 11.1 Å². The van der Waals surface area contributed by atoms with Gasteiger partial charge in [-0.25, -0.2) is 4.98 Å². The third-order valence-electron chi connectivity index (χ3n) is 2.90. The first-order valence-electron chi connectivity index (χ1n) is 5.96. The zero-order chi connectivity index (χ0) is 14.8. The van der Waals surface area contributed by atoms with E-state index in [9.17, 15) is 8.42 Å². The fourth-order valence-electron chi connectivity index (χ4n) is 1.87. The quantitative estimate of drug-likeness (QED) is 0.589. The van der Waals surface area contributed by atoms with Crippen LogP contribution in [0.3, 0.4) is 0 Å². The van der Waals surface area contributed by atoms with Gasteiger partial charge in [-0.05, 0) is 37.1 Å². The summed E-state index contributed by atoms with van der Waals surface area (Å²) >= 11 is 0. The number of anilines is 2. The lowest BCUT2D eigenvalue weighted by Crippen LogP contribution is -2.19. The zero-order valence-electron chi connectivity index (χ0n) is 11.2. The van der Waals surface area contributed by atoms with Gasteiger partial charge in [0, 0.05) is 6.20 Å². The van der Waals surface area contributed by atoms with E-state index in [1.165, 1.54) is 6.20 Å². The molecular formula is C13H16N4O2S. The lowest BCUT2D eigenvalue weighted by Gasteiger charge is -2.14. The number of para-hydroxylation sites is 1. The molecule has 0 bridgehead atoms. The maximum atomic E-state index is 12.4. The molecule has 4 N–H and O–H groups in total. The van der Waals surface area contributed by atoms with Gasteiger partial charge in [0.1, 0.15) is 0 Å². The maximum absolute atomic E-state index is 12.4. The SMILES string of the molecule is Cc1cccc(C)c1NS(=O)(=O)c1ncccc1NN. The van der Waals surface area contributed by atoms with E-state index in [0.29, 0.717) is 5.69 Å². The van der Waals surface area contributed by atoms with Crippen LogP contribution in [0.4, 0.5) is 11.4 Å². The van der Waals surface area contributed by atoms with Crippen LogP contribution in [0.2, 0.25) is 0 Å². The van der Waals surface area contributed by atoms with Crippen LogP contribution in [0, 0.1) is 13.8 Å². The molecule has 0 amide bonds. The van der Waals surface area contributed by atoms with Gasteiger partial charge < -0.3 is 5.43 Å². The summed E-state index contributed by atoms with van der Waals surface area (Å²) in [7, 11) is -3.80. The number of nitrogens with zero attached hydrogens (tertiary/aromatic N) is 1. The van der Waals surface area contributed by atoms with Crippen LogP contribution in [-0.4, -0.2) is 13.4 Å². The van der Waals surface area contributed by atoms with Crippen molar-refractivity contribution in [3.63, 3.8) is 0 Å². The molecule has 0 aliphatic carbocycles. The van der Waals surface area contributed by atoms with Crippen molar-refractivity contribution in [3.05, 3.63) is 47.7 Å². The molecular weight excluding hydrogens is 276 g/mol. The average molecular weight is 292 g/mol. The van der Waals surface area contributed by atoms with Crippen LogP contribution in [0.5, 0.6) is 0 Å². The molecule has 1 heterocycles. The Hall–Kier alpha value is -2.12. The number of nitrogens with two attached hydrogens (primary N) is 1. The number of aryl methyl sites for hydroxylation is 2. The highest BCUT2D eigenvalue weighted by Gasteiger charge is 2.21. The number of hydrogen-bond acceptors (Lipinski definition) is 5. The van der Waals surface area contributed by atoms with E-state index in [-0.39, 0.29) is 10.7 Å². The maximum Gasteiger partial charge on any atom is 0.281 e. The topological polar surface area (TPSA) is 97.1 Å². The highest BCUT2D eigenvalue weighted by molar-refractivity contribution is 7.92. The van der Waals surface area contributed by atoms with Crippen molar-refractivity contribution in [2.75, 3.05) is 10.1 Å². The predicted molar refractivity (Wildman–Crippen MR) is 78.8 cm³/mol. The van der Waals surface area contributed by atoms with Gasteiger partial charge in [-0.15, -0.1) is 0 Å². The highest BCUT2D eigenvalue weighted by atomic mass is 32.2. The molecule has 106 valence electrons. The number of benzene rings is 1. The number of nitrogens with one attached hydrogen (secondary N) is 2. The largest absolute Gasteiger partial charge is 0.321 e. The van der Waals surface area contributed by atoms with E-state index in [1.54, 1.807) is 12.1 Å².